The van der Waals surface area contributed by atoms with E-state index in [0.29, 0.717) is 5.69 Å². The first kappa shape index (κ1) is 18.2. The van der Waals surface area contributed by atoms with Crippen LogP contribution in [0.4, 0.5) is 5.69 Å². The van der Waals surface area contributed by atoms with Crippen LogP contribution < -0.4 is 11.1 Å². The van der Waals surface area contributed by atoms with Gasteiger partial charge in [0, 0.05) is 26.8 Å². The molecule has 128 valence electrons. The molecule has 0 fully saturated rings. The quantitative estimate of drug-likeness (QED) is 0.755. The zero-order valence-corrected chi connectivity index (χ0v) is 14.7. The van der Waals surface area contributed by atoms with Gasteiger partial charge in [-0.15, -0.1) is 0 Å². The van der Waals surface area contributed by atoms with Crippen molar-refractivity contribution in [1.29, 1.82) is 0 Å². The minimum absolute atomic E-state index is 0.190. The average molecular weight is 369 g/mol. The molecule has 0 saturated heterocycles. The predicted octanol–water partition coefficient (Wildman–Crippen LogP) is 1.70. The number of halogens is 1. The molecule has 0 atom stereocenters. The molecule has 2 aromatic rings. The number of amides is 1. The van der Waals surface area contributed by atoms with E-state index < -0.39 is 15.9 Å². The molecule has 24 heavy (non-hydrogen) atoms. The maximum Gasteiger partial charge on any atom is 0.252 e. The summed E-state index contributed by atoms with van der Waals surface area (Å²) in [5, 5.41) is 3.24. The molecule has 9 heteroatoms. The van der Waals surface area contributed by atoms with Gasteiger partial charge in [-0.3, -0.25) is 4.79 Å². The van der Waals surface area contributed by atoms with Gasteiger partial charge >= 0.3 is 0 Å². The standard InChI is InChI=1S/C15H17ClN4O3S/c1-20(2)24(22,23)11-5-3-4-10(6-11)8-18-13-7-14(16)19-9-12(13)15(17)21/h3-7,9H,8H2,1-2H3,(H2,17,21)(H,18,19). The largest absolute Gasteiger partial charge is 0.380 e. The summed E-state index contributed by atoms with van der Waals surface area (Å²) in [6.07, 6.45) is 1.29. The van der Waals surface area contributed by atoms with Crippen LogP contribution in [-0.2, 0) is 16.6 Å². The monoisotopic (exact) mass is 368 g/mol. The fourth-order valence-corrected chi connectivity index (χ4v) is 3.13. The van der Waals surface area contributed by atoms with E-state index in [1.54, 1.807) is 18.2 Å². The van der Waals surface area contributed by atoms with E-state index in [2.05, 4.69) is 10.3 Å². The highest BCUT2D eigenvalue weighted by molar-refractivity contribution is 7.89. The number of nitrogens with one attached hydrogen (secondary N) is 1. The molecule has 0 aliphatic carbocycles. The van der Waals surface area contributed by atoms with Crippen molar-refractivity contribution in [3.63, 3.8) is 0 Å². The Bertz CT molecular complexity index is 869. The molecule has 0 saturated carbocycles. The topological polar surface area (TPSA) is 105 Å². The number of pyridine rings is 1. The lowest BCUT2D eigenvalue weighted by Crippen LogP contribution is -2.22. The molecule has 0 radical (unpaired) electrons. The predicted molar refractivity (Wildman–Crippen MR) is 92.4 cm³/mol. The third kappa shape index (κ3) is 4.02. The van der Waals surface area contributed by atoms with Crippen LogP contribution in [0.5, 0.6) is 0 Å². The first-order chi connectivity index (χ1) is 11.2. The Hall–Kier alpha value is -2.16. The van der Waals surface area contributed by atoms with Gasteiger partial charge < -0.3 is 11.1 Å². The number of nitrogens with two attached hydrogens (primary N) is 1. The molecule has 0 bridgehead atoms. The SMILES string of the molecule is CN(C)S(=O)(=O)c1cccc(CNc2cc(Cl)ncc2C(N)=O)c1. The summed E-state index contributed by atoms with van der Waals surface area (Å²) in [7, 11) is -0.569. The third-order valence-corrected chi connectivity index (χ3v) is 5.31. The molecule has 2 rings (SSSR count). The summed E-state index contributed by atoms with van der Waals surface area (Å²) in [6, 6.07) is 8.00. The van der Waals surface area contributed by atoms with Gasteiger partial charge in [0.2, 0.25) is 10.0 Å². The molecule has 1 amide bonds. The number of aromatic nitrogens is 1. The summed E-state index contributed by atoms with van der Waals surface area (Å²) in [5.41, 5.74) is 6.66. The van der Waals surface area contributed by atoms with Crippen LogP contribution in [0.15, 0.2) is 41.4 Å². The summed E-state index contributed by atoms with van der Waals surface area (Å²) in [5.74, 6) is -0.634. The van der Waals surface area contributed by atoms with E-state index in [-0.39, 0.29) is 22.2 Å². The van der Waals surface area contributed by atoms with Crippen molar-refractivity contribution in [2.24, 2.45) is 5.73 Å². The van der Waals surface area contributed by atoms with Crippen LogP contribution in [-0.4, -0.2) is 37.7 Å². The highest BCUT2D eigenvalue weighted by Gasteiger charge is 2.17. The summed E-state index contributed by atoms with van der Waals surface area (Å²) >= 11 is 5.84. The number of carbonyl (C=O) groups excluding carboxylic acids is 1. The molecular formula is C15H17ClN4O3S. The van der Waals surface area contributed by atoms with E-state index in [4.69, 9.17) is 17.3 Å². The Balaban J connectivity index is 2.25. The Labute approximate surface area is 145 Å². The van der Waals surface area contributed by atoms with Crippen LogP contribution >= 0.6 is 11.6 Å². The van der Waals surface area contributed by atoms with Gasteiger partial charge in [-0.2, -0.15) is 0 Å². The molecule has 1 aromatic heterocycles. The summed E-state index contributed by atoms with van der Waals surface area (Å²) in [4.78, 5) is 15.4. The normalized spacial score (nSPS) is 11.5. The van der Waals surface area contributed by atoms with Crippen molar-refractivity contribution in [3.8, 4) is 0 Å². The van der Waals surface area contributed by atoms with Crippen molar-refractivity contribution >= 4 is 33.2 Å². The average Bonchev–Trinajstić information content (AvgIpc) is 2.52. The van der Waals surface area contributed by atoms with Gasteiger partial charge in [-0.05, 0) is 23.8 Å². The molecule has 0 spiro atoms. The lowest BCUT2D eigenvalue weighted by atomic mass is 10.2. The molecule has 0 aliphatic rings. The maximum absolute atomic E-state index is 12.2. The summed E-state index contributed by atoms with van der Waals surface area (Å²) < 4.78 is 25.5. The van der Waals surface area contributed by atoms with Gasteiger partial charge in [0.1, 0.15) is 5.15 Å². The Morgan fingerprint density at radius 1 is 1.33 bits per heavy atom. The second kappa shape index (κ2) is 7.16. The van der Waals surface area contributed by atoms with Crippen LogP contribution in [0.25, 0.3) is 0 Å². The number of nitrogens with zero attached hydrogens (tertiary/aromatic N) is 2. The zero-order valence-electron chi connectivity index (χ0n) is 13.2. The van der Waals surface area contributed by atoms with Crippen LogP contribution in [0, 0.1) is 0 Å². The van der Waals surface area contributed by atoms with Crippen molar-refractivity contribution in [1.82, 2.24) is 9.29 Å². The zero-order chi connectivity index (χ0) is 17.9. The van der Waals surface area contributed by atoms with E-state index >= 15 is 0 Å². The molecule has 0 unspecified atom stereocenters. The molecule has 1 aromatic carbocycles. The molecule has 3 N–H and O–H groups in total. The highest BCUT2D eigenvalue weighted by Crippen LogP contribution is 2.20. The highest BCUT2D eigenvalue weighted by atomic mass is 35.5. The van der Waals surface area contributed by atoms with Crippen molar-refractivity contribution in [2.75, 3.05) is 19.4 Å². The minimum Gasteiger partial charge on any atom is -0.380 e. The van der Waals surface area contributed by atoms with Crippen LogP contribution in [0.2, 0.25) is 5.15 Å². The Morgan fingerprint density at radius 3 is 2.67 bits per heavy atom. The summed E-state index contributed by atoms with van der Waals surface area (Å²) in [6.45, 7) is 0.289. The second-order valence-corrected chi connectivity index (χ2v) is 7.74. The number of primary amides is 1. The molecular weight excluding hydrogens is 352 g/mol. The lowest BCUT2D eigenvalue weighted by Gasteiger charge is -2.13. The number of hydrogen-bond donors (Lipinski definition) is 2. The van der Waals surface area contributed by atoms with Crippen molar-refractivity contribution in [2.45, 2.75) is 11.4 Å². The first-order valence-corrected chi connectivity index (χ1v) is 8.74. The number of anilines is 1. The van der Waals surface area contributed by atoms with Gasteiger partial charge in [-0.1, -0.05) is 23.7 Å². The Kier molecular flexibility index (Phi) is 5.43. The number of hydrogen-bond acceptors (Lipinski definition) is 5. The van der Waals surface area contributed by atoms with Gasteiger partial charge in [0.05, 0.1) is 16.1 Å². The number of sulfonamides is 1. The number of rotatable bonds is 6. The molecule has 0 aliphatic heterocycles. The van der Waals surface area contributed by atoms with Crippen LogP contribution in [0.1, 0.15) is 15.9 Å². The second-order valence-electron chi connectivity index (χ2n) is 5.21. The van der Waals surface area contributed by atoms with Crippen molar-refractivity contribution < 1.29 is 13.2 Å². The fourth-order valence-electron chi connectivity index (χ4n) is 2.00. The molecule has 7 nitrogen and oxygen atoms in total. The van der Waals surface area contributed by atoms with E-state index in [1.807, 2.05) is 0 Å². The van der Waals surface area contributed by atoms with Gasteiger partial charge in [0.15, 0.2) is 0 Å². The molecule has 1 heterocycles. The number of benzene rings is 1. The van der Waals surface area contributed by atoms with E-state index in [1.165, 1.54) is 32.4 Å². The van der Waals surface area contributed by atoms with Crippen molar-refractivity contribution in [3.05, 3.63) is 52.8 Å². The maximum atomic E-state index is 12.2. The fraction of sp³-hybridized carbons (Fsp3) is 0.200. The number of carbonyl (C=O) groups is 1. The van der Waals surface area contributed by atoms with Gasteiger partial charge in [-0.25, -0.2) is 17.7 Å². The smallest absolute Gasteiger partial charge is 0.252 e. The van der Waals surface area contributed by atoms with Crippen LogP contribution in [0.3, 0.4) is 0 Å². The van der Waals surface area contributed by atoms with E-state index in [0.717, 1.165) is 9.87 Å². The van der Waals surface area contributed by atoms with E-state index in [9.17, 15) is 13.2 Å². The minimum atomic E-state index is -3.51. The first-order valence-electron chi connectivity index (χ1n) is 6.92. The Morgan fingerprint density at radius 2 is 2.04 bits per heavy atom. The lowest BCUT2D eigenvalue weighted by molar-refractivity contribution is 0.100. The third-order valence-electron chi connectivity index (χ3n) is 3.30. The van der Waals surface area contributed by atoms with Gasteiger partial charge in [0.25, 0.3) is 5.91 Å².